The lowest BCUT2D eigenvalue weighted by atomic mass is 10.1. The number of rotatable bonds is 2. The molecule has 1 aromatic heterocycles. The molecule has 0 aliphatic carbocycles. The third-order valence-electron chi connectivity index (χ3n) is 3.42. The van der Waals surface area contributed by atoms with E-state index in [1.54, 1.807) is 19.2 Å². The van der Waals surface area contributed by atoms with Crippen LogP contribution in [0.2, 0.25) is 5.15 Å². The molecule has 110 valence electrons. The van der Waals surface area contributed by atoms with E-state index in [4.69, 9.17) is 11.6 Å². The highest BCUT2D eigenvalue weighted by Crippen LogP contribution is 2.31. The van der Waals surface area contributed by atoms with Gasteiger partial charge in [-0.2, -0.15) is 11.8 Å². The van der Waals surface area contributed by atoms with E-state index in [9.17, 15) is 4.79 Å². The molecule has 0 spiro atoms. The zero-order valence-corrected chi connectivity index (χ0v) is 13.6. The van der Waals surface area contributed by atoms with Crippen molar-refractivity contribution in [3.8, 4) is 0 Å². The summed E-state index contributed by atoms with van der Waals surface area (Å²) >= 11 is 7.89. The van der Waals surface area contributed by atoms with Crippen molar-refractivity contribution in [2.75, 3.05) is 31.2 Å². The minimum Gasteiger partial charge on any atom is -0.373 e. The Morgan fingerprint density at radius 2 is 2.20 bits per heavy atom. The number of anilines is 1. The van der Waals surface area contributed by atoms with Crippen LogP contribution in [0, 0.1) is 0 Å². The van der Waals surface area contributed by atoms with Crippen molar-refractivity contribution in [1.29, 1.82) is 0 Å². The number of halogens is 1. The number of aromatic nitrogens is 1. The van der Waals surface area contributed by atoms with Crippen molar-refractivity contribution < 1.29 is 4.79 Å². The number of pyridine rings is 1. The van der Waals surface area contributed by atoms with Gasteiger partial charge in [-0.3, -0.25) is 4.79 Å². The van der Waals surface area contributed by atoms with Crippen molar-refractivity contribution >= 4 is 35.1 Å². The quantitative estimate of drug-likeness (QED) is 0.852. The van der Waals surface area contributed by atoms with Crippen LogP contribution in [0.15, 0.2) is 12.1 Å². The molecule has 0 atom stereocenters. The summed E-state index contributed by atoms with van der Waals surface area (Å²) in [6, 6.07) is 3.38. The molecule has 6 heteroatoms. The Hall–Kier alpha value is -0.940. The molecule has 1 aliphatic rings. The number of hydrogen-bond donors (Lipinski definition) is 1. The maximum atomic E-state index is 12.6. The number of hydrogen-bond acceptors (Lipinski definition) is 4. The molecule has 1 amide bonds. The highest BCUT2D eigenvalue weighted by molar-refractivity contribution is 8.00. The number of carbonyl (C=O) groups is 1. The van der Waals surface area contributed by atoms with Gasteiger partial charge in [0.1, 0.15) is 11.0 Å². The van der Waals surface area contributed by atoms with E-state index in [0.717, 1.165) is 25.3 Å². The predicted octanol–water partition coefficient (Wildman–Crippen LogP) is 3.13. The molecule has 1 fully saturated rings. The van der Waals surface area contributed by atoms with Gasteiger partial charge in [-0.15, -0.1) is 0 Å². The minimum absolute atomic E-state index is 0.0316. The lowest BCUT2D eigenvalue weighted by molar-refractivity contribution is 0.0764. The summed E-state index contributed by atoms with van der Waals surface area (Å²) < 4.78 is 0.237. The predicted molar refractivity (Wildman–Crippen MR) is 85.9 cm³/mol. The monoisotopic (exact) mass is 313 g/mol. The minimum atomic E-state index is 0.0316. The van der Waals surface area contributed by atoms with Gasteiger partial charge in [-0.25, -0.2) is 4.98 Å². The highest BCUT2D eigenvalue weighted by atomic mass is 35.5. The molecular weight excluding hydrogens is 294 g/mol. The summed E-state index contributed by atoms with van der Waals surface area (Å²) in [5.74, 6) is 1.62. The normalized spacial score (nSPS) is 18.5. The molecule has 0 bridgehead atoms. The van der Waals surface area contributed by atoms with Crippen molar-refractivity contribution in [2.24, 2.45) is 0 Å². The molecule has 2 heterocycles. The van der Waals surface area contributed by atoms with E-state index < -0.39 is 0 Å². The standard InChI is InChI=1S/C14H20ClN3OS/c1-14(2)4-5-18(6-7-20-14)13(19)10-8-11(15)17-12(9-10)16-3/h8-9H,4-7H2,1-3H3,(H,16,17). The van der Waals surface area contributed by atoms with E-state index in [0.29, 0.717) is 16.5 Å². The molecule has 1 aliphatic heterocycles. The Morgan fingerprint density at radius 1 is 1.45 bits per heavy atom. The molecule has 0 unspecified atom stereocenters. The van der Waals surface area contributed by atoms with Crippen LogP contribution in [0.25, 0.3) is 0 Å². The summed E-state index contributed by atoms with van der Waals surface area (Å²) in [5.41, 5.74) is 0.596. The summed E-state index contributed by atoms with van der Waals surface area (Å²) in [5, 5.41) is 3.26. The van der Waals surface area contributed by atoms with Crippen molar-refractivity contribution in [3.63, 3.8) is 0 Å². The number of nitrogens with zero attached hydrogens (tertiary/aromatic N) is 2. The molecule has 1 saturated heterocycles. The number of amides is 1. The largest absolute Gasteiger partial charge is 0.373 e. The van der Waals surface area contributed by atoms with Crippen LogP contribution in [0.1, 0.15) is 30.6 Å². The van der Waals surface area contributed by atoms with Crippen LogP contribution in [-0.4, -0.2) is 46.4 Å². The topological polar surface area (TPSA) is 45.2 Å². The first-order valence-electron chi connectivity index (χ1n) is 6.70. The molecule has 20 heavy (non-hydrogen) atoms. The molecule has 1 N–H and O–H groups in total. The zero-order chi connectivity index (χ0) is 14.8. The molecule has 0 radical (unpaired) electrons. The average molecular weight is 314 g/mol. The first kappa shape index (κ1) is 15.4. The molecule has 4 nitrogen and oxygen atoms in total. The molecule has 0 aromatic carbocycles. The maximum absolute atomic E-state index is 12.6. The van der Waals surface area contributed by atoms with Gasteiger partial charge in [0.25, 0.3) is 5.91 Å². The van der Waals surface area contributed by atoms with Crippen LogP contribution < -0.4 is 5.32 Å². The third kappa shape index (κ3) is 3.79. The Bertz CT molecular complexity index is 507. The van der Waals surface area contributed by atoms with Crippen molar-refractivity contribution in [3.05, 3.63) is 22.8 Å². The zero-order valence-electron chi connectivity index (χ0n) is 12.1. The van der Waals surface area contributed by atoms with E-state index in [1.165, 1.54) is 0 Å². The first-order valence-corrected chi connectivity index (χ1v) is 8.06. The fourth-order valence-corrected chi connectivity index (χ4v) is 3.46. The van der Waals surface area contributed by atoms with E-state index >= 15 is 0 Å². The van der Waals surface area contributed by atoms with Gasteiger partial charge in [0.15, 0.2) is 0 Å². The third-order valence-corrected chi connectivity index (χ3v) is 4.99. The number of carbonyl (C=O) groups excluding carboxylic acids is 1. The van der Waals surface area contributed by atoms with Crippen molar-refractivity contribution in [2.45, 2.75) is 25.0 Å². The molecule has 2 rings (SSSR count). The summed E-state index contributed by atoms with van der Waals surface area (Å²) in [7, 11) is 1.76. The van der Waals surface area contributed by atoms with Crippen LogP contribution in [0.3, 0.4) is 0 Å². The molecular formula is C14H20ClN3OS. The molecule has 0 saturated carbocycles. The van der Waals surface area contributed by atoms with Crippen LogP contribution in [0.4, 0.5) is 5.82 Å². The maximum Gasteiger partial charge on any atom is 0.254 e. The van der Waals surface area contributed by atoms with Gasteiger partial charge in [0.2, 0.25) is 0 Å². The lowest BCUT2D eigenvalue weighted by Gasteiger charge is -2.23. The summed E-state index contributed by atoms with van der Waals surface area (Å²) in [6.07, 6.45) is 1.00. The van der Waals surface area contributed by atoms with Gasteiger partial charge in [-0.1, -0.05) is 25.4 Å². The van der Waals surface area contributed by atoms with Crippen molar-refractivity contribution in [1.82, 2.24) is 9.88 Å². The second kappa shape index (κ2) is 6.22. The van der Waals surface area contributed by atoms with Gasteiger partial charge >= 0.3 is 0 Å². The SMILES string of the molecule is CNc1cc(C(=O)N2CCSC(C)(C)CC2)cc(Cl)n1. The fraction of sp³-hybridized carbons (Fsp3) is 0.571. The lowest BCUT2D eigenvalue weighted by Crippen LogP contribution is -2.33. The average Bonchev–Trinajstić information content (AvgIpc) is 2.58. The van der Waals surface area contributed by atoms with E-state index in [2.05, 4.69) is 24.1 Å². The Morgan fingerprint density at radius 3 is 2.90 bits per heavy atom. The van der Waals surface area contributed by atoms with Gasteiger partial charge in [0, 0.05) is 36.2 Å². The Labute approximate surface area is 129 Å². The highest BCUT2D eigenvalue weighted by Gasteiger charge is 2.26. The summed E-state index contributed by atoms with van der Waals surface area (Å²) in [4.78, 5) is 18.6. The van der Waals surface area contributed by atoms with Gasteiger partial charge < -0.3 is 10.2 Å². The smallest absolute Gasteiger partial charge is 0.254 e. The second-order valence-corrected chi connectivity index (χ2v) is 7.65. The van der Waals surface area contributed by atoms with Gasteiger partial charge in [0.05, 0.1) is 0 Å². The van der Waals surface area contributed by atoms with Crippen LogP contribution in [-0.2, 0) is 0 Å². The Balaban J connectivity index is 2.16. The van der Waals surface area contributed by atoms with E-state index in [-0.39, 0.29) is 10.7 Å². The van der Waals surface area contributed by atoms with E-state index in [1.807, 2.05) is 16.7 Å². The van der Waals surface area contributed by atoms with Crippen LogP contribution >= 0.6 is 23.4 Å². The first-order chi connectivity index (χ1) is 9.41. The number of nitrogens with one attached hydrogen (secondary N) is 1. The second-order valence-electron chi connectivity index (χ2n) is 5.46. The molecule has 1 aromatic rings. The summed E-state index contributed by atoms with van der Waals surface area (Å²) in [6.45, 7) is 6.03. The van der Waals surface area contributed by atoms with Gasteiger partial charge in [-0.05, 0) is 18.6 Å². The Kier molecular flexibility index (Phi) is 4.81. The van der Waals surface area contributed by atoms with Crippen LogP contribution in [0.5, 0.6) is 0 Å². The fourth-order valence-electron chi connectivity index (χ4n) is 2.15. The number of thioether (sulfide) groups is 1.